The summed E-state index contributed by atoms with van der Waals surface area (Å²) in [5.41, 5.74) is 1.81. The van der Waals surface area contributed by atoms with Gasteiger partial charge in [0.2, 0.25) is 5.95 Å². The van der Waals surface area contributed by atoms with Crippen molar-refractivity contribution in [1.82, 2.24) is 30.2 Å². The second-order valence-corrected chi connectivity index (χ2v) is 4.90. The zero-order chi connectivity index (χ0) is 16.4. The Balaban J connectivity index is 1.94. The molecule has 3 rings (SSSR count). The van der Waals surface area contributed by atoms with Crippen molar-refractivity contribution >= 4 is 17.5 Å². The van der Waals surface area contributed by atoms with Crippen molar-refractivity contribution in [2.45, 2.75) is 13.8 Å². The highest BCUT2D eigenvalue weighted by Gasteiger charge is 2.11. The minimum atomic E-state index is -0.424. The summed E-state index contributed by atoms with van der Waals surface area (Å²) in [4.78, 5) is 8.56. The molecular formula is C14H15FN8. The lowest BCUT2D eigenvalue weighted by molar-refractivity contribution is 0.605. The van der Waals surface area contributed by atoms with Crippen molar-refractivity contribution in [3.63, 3.8) is 0 Å². The van der Waals surface area contributed by atoms with Crippen LogP contribution in [0.3, 0.4) is 0 Å². The van der Waals surface area contributed by atoms with Crippen LogP contribution in [0.5, 0.6) is 0 Å². The molecule has 0 aliphatic carbocycles. The highest BCUT2D eigenvalue weighted by molar-refractivity contribution is 5.59. The number of aryl methyl sites for hydroxylation is 2. The van der Waals surface area contributed by atoms with Crippen molar-refractivity contribution in [2.24, 2.45) is 0 Å². The van der Waals surface area contributed by atoms with Gasteiger partial charge in [-0.2, -0.15) is 9.67 Å². The van der Waals surface area contributed by atoms with Gasteiger partial charge in [-0.3, -0.25) is 0 Å². The van der Waals surface area contributed by atoms with Gasteiger partial charge in [0.05, 0.1) is 0 Å². The van der Waals surface area contributed by atoms with E-state index >= 15 is 0 Å². The highest BCUT2D eigenvalue weighted by atomic mass is 19.1. The lowest BCUT2D eigenvalue weighted by atomic mass is 10.2. The maximum absolute atomic E-state index is 14.0. The number of anilines is 3. The Morgan fingerprint density at radius 3 is 2.74 bits per heavy atom. The number of hydrogen-bond acceptors (Lipinski definition) is 7. The summed E-state index contributed by atoms with van der Waals surface area (Å²) in [5, 5.41) is 17.1. The van der Waals surface area contributed by atoms with Crippen LogP contribution >= 0.6 is 0 Å². The molecule has 9 heteroatoms. The lowest BCUT2D eigenvalue weighted by Gasteiger charge is -2.10. The largest absolute Gasteiger partial charge is 0.373 e. The molecule has 2 heterocycles. The van der Waals surface area contributed by atoms with Crippen LogP contribution in [-0.2, 0) is 0 Å². The molecule has 0 unspecified atom stereocenters. The summed E-state index contributed by atoms with van der Waals surface area (Å²) in [7, 11) is 1.79. The van der Waals surface area contributed by atoms with E-state index in [1.54, 1.807) is 32.3 Å². The first-order valence-electron chi connectivity index (χ1n) is 6.92. The summed E-state index contributed by atoms with van der Waals surface area (Å²) >= 11 is 0. The number of hydrogen-bond donors (Lipinski definition) is 2. The van der Waals surface area contributed by atoms with Gasteiger partial charge in [-0.25, -0.2) is 9.37 Å². The Morgan fingerprint density at radius 2 is 2.04 bits per heavy atom. The molecular weight excluding hydrogens is 299 g/mol. The minimum Gasteiger partial charge on any atom is -0.373 e. The van der Waals surface area contributed by atoms with Gasteiger partial charge in [0, 0.05) is 24.5 Å². The van der Waals surface area contributed by atoms with Gasteiger partial charge < -0.3 is 10.6 Å². The van der Waals surface area contributed by atoms with Gasteiger partial charge in [0.1, 0.15) is 17.3 Å². The monoisotopic (exact) mass is 314 g/mol. The third-order valence-corrected chi connectivity index (χ3v) is 3.26. The van der Waals surface area contributed by atoms with Crippen LogP contribution in [0.4, 0.5) is 21.8 Å². The van der Waals surface area contributed by atoms with Crippen LogP contribution in [0.15, 0.2) is 24.4 Å². The Hall–Kier alpha value is -3.10. The van der Waals surface area contributed by atoms with E-state index in [0.717, 1.165) is 11.4 Å². The van der Waals surface area contributed by atoms with Gasteiger partial charge in [0.15, 0.2) is 5.82 Å². The fourth-order valence-electron chi connectivity index (χ4n) is 2.09. The average molecular weight is 314 g/mol. The summed E-state index contributed by atoms with van der Waals surface area (Å²) in [5.74, 6) is 1.20. The maximum Gasteiger partial charge on any atom is 0.229 e. The molecule has 0 aliphatic heterocycles. The van der Waals surface area contributed by atoms with Crippen LogP contribution in [0.1, 0.15) is 11.4 Å². The fraction of sp³-hybridized carbons (Fsp3) is 0.214. The number of halogens is 1. The van der Waals surface area contributed by atoms with Crippen molar-refractivity contribution in [2.75, 3.05) is 17.7 Å². The number of nitrogens with zero attached hydrogens (tertiary/aromatic N) is 6. The first-order chi connectivity index (χ1) is 11.1. The molecule has 0 spiro atoms. The van der Waals surface area contributed by atoms with Crippen LogP contribution < -0.4 is 10.6 Å². The molecule has 0 bridgehead atoms. The Morgan fingerprint density at radius 1 is 1.22 bits per heavy atom. The predicted octanol–water partition coefficient (Wildman–Crippen LogP) is 1.99. The SMILES string of the molecule is CNc1nc(Nc2ccc(F)c(-n3nnnc3C)c2)ncc1C. The van der Waals surface area contributed by atoms with Crippen LogP contribution in [0, 0.1) is 19.7 Å². The third kappa shape index (κ3) is 2.93. The summed E-state index contributed by atoms with van der Waals surface area (Å²) in [6.07, 6.45) is 1.71. The van der Waals surface area contributed by atoms with E-state index in [9.17, 15) is 4.39 Å². The molecule has 118 valence electrons. The van der Waals surface area contributed by atoms with Gasteiger partial charge in [-0.15, -0.1) is 5.10 Å². The molecule has 0 aliphatic rings. The molecule has 0 saturated carbocycles. The number of tetrazole rings is 1. The van der Waals surface area contributed by atoms with Crippen molar-refractivity contribution in [3.8, 4) is 5.69 Å². The van der Waals surface area contributed by atoms with Gasteiger partial charge in [-0.1, -0.05) is 0 Å². The molecule has 2 N–H and O–H groups in total. The van der Waals surface area contributed by atoms with Gasteiger partial charge in [-0.05, 0) is 42.5 Å². The van der Waals surface area contributed by atoms with E-state index in [2.05, 4.69) is 36.1 Å². The smallest absolute Gasteiger partial charge is 0.229 e. The molecule has 23 heavy (non-hydrogen) atoms. The normalized spacial score (nSPS) is 10.6. The van der Waals surface area contributed by atoms with Crippen LogP contribution in [0.2, 0.25) is 0 Å². The van der Waals surface area contributed by atoms with E-state index in [1.165, 1.54) is 10.7 Å². The summed E-state index contributed by atoms with van der Waals surface area (Å²) < 4.78 is 15.4. The molecule has 1 aromatic carbocycles. The molecule has 0 saturated heterocycles. The molecule has 0 amide bonds. The minimum absolute atomic E-state index is 0.249. The summed E-state index contributed by atoms with van der Waals surface area (Å²) in [6, 6.07) is 4.54. The molecule has 8 nitrogen and oxygen atoms in total. The Kier molecular flexibility index (Phi) is 3.83. The quantitative estimate of drug-likeness (QED) is 0.760. The van der Waals surface area contributed by atoms with Crippen LogP contribution in [-0.4, -0.2) is 37.2 Å². The first-order valence-corrected chi connectivity index (χ1v) is 6.92. The maximum atomic E-state index is 14.0. The van der Waals surface area contributed by atoms with E-state index in [4.69, 9.17) is 0 Å². The fourth-order valence-corrected chi connectivity index (χ4v) is 2.09. The van der Waals surface area contributed by atoms with Crippen LogP contribution in [0.25, 0.3) is 5.69 Å². The number of rotatable bonds is 4. The zero-order valence-corrected chi connectivity index (χ0v) is 12.9. The molecule has 0 radical (unpaired) electrons. The molecule has 3 aromatic rings. The number of benzene rings is 1. The summed E-state index contributed by atoms with van der Waals surface area (Å²) in [6.45, 7) is 3.61. The van der Waals surface area contributed by atoms with Gasteiger partial charge in [0.25, 0.3) is 0 Å². The average Bonchev–Trinajstić information content (AvgIpc) is 2.97. The highest BCUT2D eigenvalue weighted by Crippen LogP contribution is 2.21. The number of nitrogens with one attached hydrogen (secondary N) is 2. The van der Waals surface area contributed by atoms with Gasteiger partial charge >= 0.3 is 0 Å². The Bertz CT molecular complexity index is 845. The molecule has 0 atom stereocenters. The van der Waals surface area contributed by atoms with Crippen molar-refractivity contribution in [3.05, 3.63) is 41.6 Å². The Labute approximate surface area is 131 Å². The van der Waals surface area contributed by atoms with Crippen molar-refractivity contribution in [1.29, 1.82) is 0 Å². The van der Waals surface area contributed by atoms with Crippen molar-refractivity contribution < 1.29 is 4.39 Å². The number of aromatic nitrogens is 6. The lowest BCUT2D eigenvalue weighted by Crippen LogP contribution is -2.05. The van der Waals surface area contributed by atoms with E-state index in [0.29, 0.717) is 17.5 Å². The second kappa shape index (κ2) is 5.95. The first kappa shape index (κ1) is 14.8. The third-order valence-electron chi connectivity index (χ3n) is 3.26. The van der Waals surface area contributed by atoms with E-state index in [-0.39, 0.29) is 5.69 Å². The second-order valence-electron chi connectivity index (χ2n) is 4.90. The zero-order valence-electron chi connectivity index (χ0n) is 12.9. The molecule has 0 fully saturated rings. The van der Waals surface area contributed by atoms with E-state index < -0.39 is 5.82 Å². The topological polar surface area (TPSA) is 93.4 Å². The molecule has 2 aromatic heterocycles. The standard InChI is InChI=1S/C14H15FN8/c1-8-7-17-14(19-13(8)16-3)18-10-4-5-11(15)12(6-10)23-9(2)20-21-22-23/h4-7H,1-3H3,(H2,16,17,18,19). The predicted molar refractivity (Wildman–Crippen MR) is 83.4 cm³/mol. The van der Waals surface area contributed by atoms with E-state index in [1.807, 2.05) is 6.92 Å².